The summed E-state index contributed by atoms with van der Waals surface area (Å²) in [5.41, 5.74) is 2.67. The van der Waals surface area contributed by atoms with Crippen molar-refractivity contribution in [2.45, 2.75) is 25.8 Å². The van der Waals surface area contributed by atoms with E-state index in [9.17, 15) is 5.11 Å². The molecule has 0 radical (unpaired) electrons. The number of ether oxygens (including phenoxy) is 1. The van der Waals surface area contributed by atoms with Gasteiger partial charge in [-0.25, -0.2) is 0 Å². The number of rotatable bonds is 5. The molecule has 0 saturated heterocycles. The molecule has 1 aromatic rings. The van der Waals surface area contributed by atoms with E-state index in [1.807, 2.05) is 0 Å². The predicted molar refractivity (Wildman–Crippen MR) is 73.8 cm³/mol. The third-order valence-electron chi connectivity index (χ3n) is 3.93. The van der Waals surface area contributed by atoms with E-state index in [0.717, 1.165) is 49.2 Å². The zero-order valence-electron chi connectivity index (χ0n) is 10.3. The normalized spacial score (nSPS) is 19.4. The van der Waals surface area contributed by atoms with Gasteiger partial charge in [0.15, 0.2) is 0 Å². The lowest BCUT2D eigenvalue weighted by Crippen LogP contribution is -2.26. The third-order valence-corrected chi connectivity index (χ3v) is 4.39. The zero-order chi connectivity index (χ0) is 12.6. The number of fused-ring (bicyclic) bond motifs is 1. The Hall–Kier alpha value is -0.580. The smallest absolute Gasteiger partial charge is 0.127 e. The van der Waals surface area contributed by atoms with Gasteiger partial charge < -0.3 is 15.2 Å². The standard InChI is InChI=1S/C14H18BrNO2/c15-12-5-10-1-4-18-13(10)11(6-12)7-16-8-14(9-17)2-3-14/h5-6,16-17H,1-4,7-9H2. The Morgan fingerprint density at radius 3 is 2.94 bits per heavy atom. The molecule has 0 aromatic heterocycles. The molecule has 1 fully saturated rings. The number of hydrogen-bond acceptors (Lipinski definition) is 3. The van der Waals surface area contributed by atoms with Crippen LogP contribution in [0.4, 0.5) is 0 Å². The Bertz CT molecular complexity index is 457. The first-order chi connectivity index (χ1) is 8.72. The molecule has 1 aliphatic heterocycles. The highest BCUT2D eigenvalue weighted by Crippen LogP contribution is 2.44. The molecular formula is C14H18BrNO2. The summed E-state index contributed by atoms with van der Waals surface area (Å²) in [5, 5.41) is 12.7. The van der Waals surface area contributed by atoms with Gasteiger partial charge in [-0.1, -0.05) is 15.9 Å². The summed E-state index contributed by atoms with van der Waals surface area (Å²) in [4.78, 5) is 0. The quantitative estimate of drug-likeness (QED) is 0.876. The Morgan fingerprint density at radius 1 is 1.39 bits per heavy atom. The molecule has 0 unspecified atom stereocenters. The van der Waals surface area contributed by atoms with Crippen LogP contribution in [0.1, 0.15) is 24.0 Å². The van der Waals surface area contributed by atoms with Gasteiger partial charge >= 0.3 is 0 Å². The van der Waals surface area contributed by atoms with Crippen LogP contribution in [0, 0.1) is 5.41 Å². The molecule has 98 valence electrons. The predicted octanol–water partition coefficient (Wildman–Crippen LogP) is 2.25. The minimum absolute atomic E-state index is 0.163. The van der Waals surface area contributed by atoms with E-state index in [4.69, 9.17) is 4.74 Å². The Balaban J connectivity index is 1.66. The molecule has 4 heteroatoms. The fraction of sp³-hybridized carbons (Fsp3) is 0.571. The van der Waals surface area contributed by atoms with Crippen molar-refractivity contribution in [3.63, 3.8) is 0 Å². The first kappa shape index (κ1) is 12.5. The largest absolute Gasteiger partial charge is 0.493 e. The minimum Gasteiger partial charge on any atom is -0.493 e. The number of aliphatic hydroxyl groups is 1. The molecule has 0 spiro atoms. The third kappa shape index (κ3) is 2.42. The average molecular weight is 312 g/mol. The summed E-state index contributed by atoms with van der Waals surface area (Å²) in [7, 11) is 0. The molecule has 1 aromatic carbocycles. The van der Waals surface area contributed by atoms with E-state index in [0.29, 0.717) is 6.61 Å². The monoisotopic (exact) mass is 311 g/mol. The molecule has 3 rings (SSSR count). The zero-order valence-corrected chi connectivity index (χ0v) is 11.9. The van der Waals surface area contributed by atoms with Gasteiger partial charge in [0, 0.05) is 41.6 Å². The fourth-order valence-electron chi connectivity index (χ4n) is 2.51. The molecule has 0 atom stereocenters. The summed E-state index contributed by atoms with van der Waals surface area (Å²) >= 11 is 3.55. The van der Waals surface area contributed by atoms with Crippen LogP contribution in [0.25, 0.3) is 0 Å². The topological polar surface area (TPSA) is 41.5 Å². The highest BCUT2D eigenvalue weighted by Gasteiger charge is 2.41. The van der Waals surface area contributed by atoms with Crippen molar-refractivity contribution >= 4 is 15.9 Å². The summed E-state index contributed by atoms with van der Waals surface area (Å²) < 4.78 is 6.82. The maximum atomic E-state index is 9.28. The van der Waals surface area contributed by atoms with Crippen molar-refractivity contribution in [3.8, 4) is 5.75 Å². The van der Waals surface area contributed by atoms with Gasteiger partial charge in [0.2, 0.25) is 0 Å². The average Bonchev–Trinajstić information content (AvgIpc) is 2.98. The van der Waals surface area contributed by atoms with Crippen molar-refractivity contribution in [2.24, 2.45) is 5.41 Å². The molecule has 3 nitrogen and oxygen atoms in total. The lowest BCUT2D eigenvalue weighted by molar-refractivity contribution is 0.207. The van der Waals surface area contributed by atoms with Crippen LogP contribution in [0.15, 0.2) is 16.6 Å². The minimum atomic E-state index is 0.163. The molecule has 1 aliphatic carbocycles. The van der Waals surface area contributed by atoms with Crippen LogP contribution in [-0.2, 0) is 13.0 Å². The Kier molecular flexibility index (Phi) is 3.34. The molecule has 1 saturated carbocycles. The summed E-state index contributed by atoms with van der Waals surface area (Å²) in [6.07, 6.45) is 3.29. The van der Waals surface area contributed by atoms with E-state index in [1.54, 1.807) is 0 Å². The van der Waals surface area contributed by atoms with Gasteiger partial charge in [-0.05, 0) is 30.5 Å². The molecule has 0 amide bonds. The van der Waals surface area contributed by atoms with E-state index in [1.165, 1.54) is 11.1 Å². The summed E-state index contributed by atoms with van der Waals surface area (Å²) in [6, 6.07) is 4.26. The van der Waals surface area contributed by atoms with Crippen LogP contribution < -0.4 is 10.1 Å². The lowest BCUT2D eigenvalue weighted by Gasteiger charge is -2.14. The van der Waals surface area contributed by atoms with Crippen molar-refractivity contribution in [1.82, 2.24) is 5.32 Å². The molecular weight excluding hydrogens is 294 g/mol. The van der Waals surface area contributed by atoms with Crippen LogP contribution in [-0.4, -0.2) is 24.9 Å². The van der Waals surface area contributed by atoms with Gasteiger partial charge in [-0.3, -0.25) is 0 Å². The number of halogens is 1. The number of aliphatic hydroxyl groups excluding tert-OH is 1. The van der Waals surface area contributed by atoms with Crippen molar-refractivity contribution < 1.29 is 9.84 Å². The maximum absolute atomic E-state index is 9.28. The highest BCUT2D eigenvalue weighted by atomic mass is 79.9. The van der Waals surface area contributed by atoms with Gasteiger partial charge in [-0.2, -0.15) is 0 Å². The Labute approximate surface area is 116 Å². The molecule has 2 aliphatic rings. The SMILES string of the molecule is OCC1(CNCc2cc(Br)cc3c2OCC3)CC1. The lowest BCUT2D eigenvalue weighted by atomic mass is 10.1. The second-order valence-corrected chi connectivity index (χ2v) is 6.33. The highest BCUT2D eigenvalue weighted by molar-refractivity contribution is 9.10. The van der Waals surface area contributed by atoms with Gasteiger partial charge in [0.25, 0.3) is 0 Å². The van der Waals surface area contributed by atoms with Crippen LogP contribution >= 0.6 is 15.9 Å². The van der Waals surface area contributed by atoms with E-state index >= 15 is 0 Å². The Morgan fingerprint density at radius 2 is 2.22 bits per heavy atom. The van der Waals surface area contributed by atoms with E-state index in [2.05, 4.69) is 33.4 Å². The van der Waals surface area contributed by atoms with Crippen molar-refractivity contribution in [2.75, 3.05) is 19.8 Å². The summed E-state index contributed by atoms with van der Waals surface area (Å²) in [5.74, 6) is 1.06. The second kappa shape index (κ2) is 4.83. The molecule has 0 bridgehead atoms. The van der Waals surface area contributed by atoms with Gasteiger partial charge in [-0.15, -0.1) is 0 Å². The number of benzene rings is 1. The number of hydrogen-bond donors (Lipinski definition) is 2. The van der Waals surface area contributed by atoms with Crippen molar-refractivity contribution in [1.29, 1.82) is 0 Å². The van der Waals surface area contributed by atoms with Crippen LogP contribution in [0.3, 0.4) is 0 Å². The molecule has 2 N–H and O–H groups in total. The molecule has 1 heterocycles. The van der Waals surface area contributed by atoms with Gasteiger partial charge in [0.1, 0.15) is 5.75 Å². The first-order valence-corrected chi connectivity index (χ1v) is 7.27. The van der Waals surface area contributed by atoms with Crippen LogP contribution in [0.5, 0.6) is 5.75 Å². The van der Waals surface area contributed by atoms with Crippen molar-refractivity contribution in [3.05, 3.63) is 27.7 Å². The summed E-state index contributed by atoms with van der Waals surface area (Å²) in [6.45, 7) is 2.79. The van der Waals surface area contributed by atoms with E-state index < -0.39 is 0 Å². The first-order valence-electron chi connectivity index (χ1n) is 6.48. The van der Waals surface area contributed by atoms with E-state index in [-0.39, 0.29) is 5.41 Å². The maximum Gasteiger partial charge on any atom is 0.127 e. The second-order valence-electron chi connectivity index (χ2n) is 5.41. The fourth-order valence-corrected chi connectivity index (χ4v) is 3.06. The number of nitrogens with one attached hydrogen (secondary N) is 1. The van der Waals surface area contributed by atoms with Gasteiger partial charge in [0.05, 0.1) is 6.61 Å². The van der Waals surface area contributed by atoms with Crippen LogP contribution in [0.2, 0.25) is 0 Å². The molecule has 18 heavy (non-hydrogen) atoms.